The zero-order valence-electron chi connectivity index (χ0n) is 15.1. The van der Waals surface area contributed by atoms with Crippen molar-refractivity contribution in [1.82, 2.24) is 4.90 Å². The van der Waals surface area contributed by atoms with Crippen LogP contribution in [0.15, 0.2) is 50.0 Å². The van der Waals surface area contributed by atoms with Crippen LogP contribution in [0.3, 0.4) is 0 Å². The fourth-order valence-electron chi connectivity index (χ4n) is 3.30. The molecule has 3 aromatic rings. The van der Waals surface area contributed by atoms with Gasteiger partial charge in [0.2, 0.25) is 0 Å². The molecule has 1 aliphatic heterocycles. The average Bonchev–Trinajstić information content (AvgIpc) is 3.26. The number of carbonyl (C=O) groups excluding carboxylic acids is 1. The first-order valence-electron chi connectivity index (χ1n) is 8.68. The Bertz CT molecular complexity index is 1050. The van der Waals surface area contributed by atoms with Gasteiger partial charge in [0.1, 0.15) is 17.6 Å². The van der Waals surface area contributed by atoms with Crippen molar-refractivity contribution >= 4 is 16.9 Å². The molecule has 0 saturated carbocycles. The van der Waals surface area contributed by atoms with Gasteiger partial charge in [-0.15, -0.1) is 0 Å². The smallest absolute Gasteiger partial charge is 0.339 e. The van der Waals surface area contributed by atoms with Crippen molar-refractivity contribution in [2.24, 2.45) is 0 Å². The van der Waals surface area contributed by atoms with Crippen LogP contribution in [0.25, 0.3) is 11.0 Å². The highest BCUT2D eigenvalue weighted by atomic mass is 16.5. The van der Waals surface area contributed by atoms with Crippen LogP contribution in [-0.2, 0) is 0 Å². The number of nitrogens with zero attached hydrogens (tertiary/aromatic N) is 1. The molecule has 1 unspecified atom stereocenters. The minimum atomic E-state index is -0.452. The zero-order valence-corrected chi connectivity index (χ0v) is 15.1. The van der Waals surface area contributed by atoms with Crippen molar-refractivity contribution < 1.29 is 23.1 Å². The molecule has 4 rings (SSSR count). The van der Waals surface area contributed by atoms with Crippen LogP contribution in [-0.4, -0.2) is 37.1 Å². The second-order valence-electron chi connectivity index (χ2n) is 6.49. The largest absolute Gasteiger partial charge is 0.493 e. The molecule has 2 aromatic heterocycles. The number of benzene rings is 1. The molecular weight excluding hydrogens is 350 g/mol. The molecule has 1 aliphatic rings. The number of methoxy groups -OCH3 is 1. The van der Waals surface area contributed by atoms with Crippen LogP contribution in [0.4, 0.5) is 0 Å². The lowest BCUT2D eigenvalue weighted by molar-refractivity contribution is 0.0743. The summed E-state index contributed by atoms with van der Waals surface area (Å²) in [5.41, 5.74) is 0.106. The van der Waals surface area contributed by atoms with Gasteiger partial charge in [0.05, 0.1) is 19.7 Å². The fourth-order valence-corrected chi connectivity index (χ4v) is 3.30. The van der Waals surface area contributed by atoms with E-state index in [9.17, 15) is 9.59 Å². The molecule has 1 saturated heterocycles. The molecular formula is C20H19NO6. The summed E-state index contributed by atoms with van der Waals surface area (Å²) < 4.78 is 21.8. The summed E-state index contributed by atoms with van der Waals surface area (Å²) in [6.07, 6.45) is 0.489. The summed E-state index contributed by atoms with van der Waals surface area (Å²) in [7, 11) is 1.56. The van der Waals surface area contributed by atoms with E-state index >= 15 is 0 Å². The lowest BCUT2D eigenvalue weighted by atomic mass is 10.2. The highest BCUT2D eigenvalue weighted by Gasteiger charge is 2.30. The minimum absolute atomic E-state index is 0.186. The number of amides is 1. The van der Waals surface area contributed by atoms with Gasteiger partial charge in [-0.05, 0) is 19.1 Å². The predicted octanol–water partition coefficient (Wildman–Crippen LogP) is 3.00. The Labute approximate surface area is 155 Å². The summed E-state index contributed by atoms with van der Waals surface area (Å²) in [4.78, 5) is 25.9. The number of aryl methyl sites for hydroxylation is 1. The lowest BCUT2D eigenvalue weighted by Gasteiger charge is -2.16. The van der Waals surface area contributed by atoms with Crippen molar-refractivity contribution in [3.05, 3.63) is 58.3 Å². The zero-order chi connectivity index (χ0) is 19.0. The fraction of sp³-hybridized carbons (Fsp3) is 0.300. The first-order chi connectivity index (χ1) is 13.0. The highest BCUT2D eigenvalue weighted by Crippen LogP contribution is 2.29. The summed E-state index contributed by atoms with van der Waals surface area (Å²) in [6, 6.07) is 10.2. The third-order valence-corrected chi connectivity index (χ3v) is 4.54. The number of ether oxygens (including phenoxy) is 2. The molecule has 0 N–H and O–H groups in total. The van der Waals surface area contributed by atoms with Crippen LogP contribution in [0, 0.1) is 6.92 Å². The standard InChI is InChI=1S/C20H19NO6/c1-12-8-15(10-18(22)25-12)26-14-6-7-21(11-14)20(23)17-9-13-4-3-5-16(24-2)19(13)27-17/h3-5,8-10,14H,6-7,11H2,1-2H3. The van der Waals surface area contributed by atoms with E-state index in [0.29, 0.717) is 42.4 Å². The van der Waals surface area contributed by atoms with Gasteiger partial charge in [-0.25, -0.2) is 4.79 Å². The maximum absolute atomic E-state index is 12.8. The maximum atomic E-state index is 12.8. The lowest BCUT2D eigenvalue weighted by Crippen LogP contribution is -2.30. The number of rotatable bonds is 4. The van der Waals surface area contributed by atoms with Gasteiger partial charge >= 0.3 is 5.63 Å². The molecule has 3 heterocycles. The molecule has 0 aliphatic carbocycles. The first-order valence-corrected chi connectivity index (χ1v) is 8.68. The molecule has 1 aromatic carbocycles. The van der Waals surface area contributed by atoms with Gasteiger partial charge in [-0.2, -0.15) is 0 Å². The maximum Gasteiger partial charge on any atom is 0.339 e. The van der Waals surface area contributed by atoms with Crippen LogP contribution >= 0.6 is 0 Å². The monoisotopic (exact) mass is 369 g/mol. The van der Waals surface area contributed by atoms with Crippen molar-refractivity contribution in [3.63, 3.8) is 0 Å². The molecule has 0 radical (unpaired) electrons. The topological polar surface area (TPSA) is 82.1 Å². The third-order valence-electron chi connectivity index (χ3n) is 4.54. The number of carbonyl (C=O) groups is 1. The van der Waals surface area contributed by atoms with Gasteiger partial charge in [0.15, 0.2) is 17.1 Å². The summed E-state index contributed by atoms with van der Waals surface area (Å²) in [5.74, 6) is 1.61. The van der Waals surface area contributed by atoms with Crippen molar-refractivity contribution in [2.45, 2.75) is 19.4 Å². The second-order valence-corrected chi connectivity index (χ2v) is 6.49. The Morgan fingerprint density at radius 3 is 2.85 bits per heavy atom. The van der Waals surface area contributed by atoms with Gasteiger partial charge < -0.3 is 23.2 Å². The van der Waals surface area contributed by atoms with E-state index in [2.05, 4.69) is 0 Å². The number of likely N-dealkylation sites (tertiary alicyclic amines) is 1. The van der Waals surface area contributed by atoms with Gasteiger partial charge in [-0.3, -0.25) is 4.79 Å². The molecule has 1 fully saturated rings. The molecule has 1 amide bonds. The van der Waals surface area contributed by atoms with Crippen molar-refractivity contribution in [1.29, 1.82) is 0 Å². The highest BCUT2D eigenvalue weighted by molar-refractivity contribution is 5.97. The van der Waals surface area contributed by atoms with E-state index in [1.807, 2.05) is 12.1 Å². The van der Waals surface area contributed by atoms with Crippen molar-refractivity contribution in [2.75, 3.05) is 20.2 Å². The number of hydrogen-bond donors (Lipinski definition) is 0. The van der Waals surface area contributed by atoms with Gasteiger partial charge in [0, 0.05) is 24.4 Å². The van der Waals surface area contributed by atoms with Crippen LogP contribution in [0.1, 0.15) is 22.7 Å². The van der Waals surface area contributed by atoms with E-state index in [1.165, 1.54) is 6.07 Å². The normalized spacial score (nSPS) is 16.7. The second kappa shape index (κ2) is 6.83. The molecule has 27 heavy (non-hydrogen) atoms. The van der Waals surface area contributed by atoms with Crippen LogP contribution in [0.5, 0.6) is 11.5 Å². The summed E-state index contributed by atoms with van der Waals surface area (Å²) >= 11 is 0. The van der Waals surface area contributed by atoms with Gasteiger partial charge in [-0.1, -0.05) is 12.1 Å². The quantitative estimate of drug-likeness (QED) is 0.703. The Morgan fingerprint density at radius 1 is 1.22 bits per heavy atom. The molecule has 0 bridgehead atoms. The van der Waals surface area contributed by atoms with E-state index < -0.39 is 5.63 Å². The van der Waals surface area contributed by atoms with E-state index in [1.54, 1.807) is 37.1 Å². The Kier molecular flexibility index (Phi) is 4.35. The summed E-state index contributed by atoms with van der Waals surface area (Å²) in [5, 5.41) is 0.816. The van der Waals surface area contributed by atoms with E-state index in [4.69, 9.17) is 18.3 Å². The summed E-state index contributed by atoms with van der Waals surface area (Å²) in [6.45, 7) is 2.67. The molecule has 7 nitrogen and oxygen atoms in total. The Hall–Kier alpha value is -3.22. The first kappa shape index (κ1) is 17.2. The minimum Gasteiger partial charge on any atom is -0.493 e. The van der Waals surface area contributed by atoms with E-state index in [-0.39, 0.29) is 17.8 Å². The SMILES string of the molecule is COc1cccc2cc(C(=O)N3CCC(Oc4cc(C)oc(=O)c4)C3)oc12. The van der Waals surface area contributed by atoms with Gasteiger partial charge in [0.25, 0.3) is 5.91 Å². The Balaban J connectivity index is 1.48. The molecule has 7 heteroatoms. The van der Waals surface area contributed by atoms with E-state index in [0.717, 1.165) is 5.39 Å². The predicted molar refractivity (Wildman–Crippen MR) is 97.4 cm³/mol. The average molecular weight is 369 g/mol. The third kappa shape index (κ3) is 3.40. The molecule has 0 spiro atoms. The van der Waals surface area contributed by atoms with Crippen LogP contribution in [0.2, 0.25) is 0 Å². The molecule has 140 valence electrons. The number of furan rings is 1. The van der Waals surface area contributed by atoms with Crippen molar-refractivity contribution in [3.8, 4) is 11.5 Å². The molecule has 1 atom stereocenters. The Morgan fingerprint density at radius 2 is 2.07 bits per heavy atom. The number of fused-ring (bicyclic) bond motifs is 1. The number of para-hydroxylation sites is 1. The number of hydrogen-bond acceptors (Lipinski definition) is 6. The van der Waals surface area contributed by atoms with Crippen LogP contribution < -0.4 is 15.1 Å².